The van der Waals surface area contributed by atoms with E-state index < -0.39 is 0 Å². The van der Waals surface area contributed by atoms with Crippen LogP contribution in [-0.4, -0.2) is 45.1 Å². The number of hydrogen-bond acceptors (Lipinski definition) is 4. The molecule has 0 bridgehead atoms. The van der Waals surface area contributed by atoms with Gasteiger partial charge in [-0.15, -0.1) is 0 Å². The summed E-state index contributed by atoms with van der Waals surface area (Å²) in [6, 6.07) is 17.8. The average Bonchev–Trinajstić information content (AvgIpc) is 3.35. The van der Waals surface area contributed by atoms with Crippen LogP contribution in [0.1, 0.15) is 24.0 Å². The third kappa shape index (κ3) is 4.43. The predicted octanol–water partition coefficient (Wildman–Crippen LogP) is 4.59. The maximum atomic E-state index is 12.9. The lowest BCUT2D eigenvalue weighted by atomic mass is 9.85. The van der Waals surface area contributed by atoms with E-state index in [0.717, 1.165) is 22.4 Å². The number of carbonyl (C=O) groups is 2. The molecule has 0 spiro atoms. The summed E-state index contributed by atoms with van der Waals surface area (Å²) in [4.78, 5) is 29.2. The van der Waals surface area contributed by atoms with E-state index in [4.69, 9.17) is 16.7 Å². The number of carbonyl (C=O) groups excluding carboxylic acids is 2. The Bertz CT molecular complexity index is 1210. The van der Waals surface area contributed by atoms with E-state index in [2.05, 4.69) is 0 Å². The molecule has 0 N–H and O–H groups in total. The molecule has 2 amide bonds. The second-order valence-corrected chi connectivity index (χ2v) is 9.48. The Morgan fingerprint density at radius 3 is 2.26 bits per heavy atom. The van der Waals surface area contributed by atoms with Gasteiger partial charge < -0.3 is 0 Å². The molecule has 174 valence electrons. The van der Waals surface area contributed by atoms with Gasteiger partial charge in [0.25, 0.3) is 0 Å². The number of likely N-dealkylation sites (tertiary alicyclic amines) is 1. The van der Waals surface area contributed by atoms with Crippen molar-refractivity contribution in [1.29, 1.82) is 0 Å². The number of amides is 2. The number of hydrogen-bond donors (Lipinski definition) is 0. The predicted molar refractivity (Wildman–Crippen MR) is 132 cm³/mol. The molecule has 2 aliphatic rings. The summed E-state index contributed by atoms with van der Waals surface area (Å²) in [5.74, 6) is -0.513. The van der Waals surface area contributed by atoms with Crippen LogP contribution in [0.2, 0.25) is 5.02 Å². The lowest BCUT2D eigenvalue weighted by molar-refractivity contribution is -0.142. The number of nitrogens with zero attached hydrogens (tertiary/aromatic N) is 4. The van der Waals surface area contributed by atoms with Crippen molar-refractivity contribution in [2.24, 2.45) is 11.8 Å². The zero-order chi connectivity index (χ0) is 23.7. The molecule has 0 unspecified atom stereocenters. The molecule has 2 aromatic carbocycles. The number of rotatable bonds is 7. The molecule has 2 atom stereocenters. The highest BCUT2D eigenvalue weighted by Gasteiger charge is 2.47. The van der Waals surface area contributed by atoms with Crippen molar-refractivity contribution in [3.8, 4) is 11.3 Å². The lowest BCUT2D eigenvalue weighted by Crippen LogP contribution is -2.40. The fourth-order valence-electron chi connectivity index (χ4n) is 4.89. The van der Waals surface area contributed by atoms with E-state index in [1.165, 1.54) is 4.90 Å². The first-order valence-corrected chi connectivity index (χ1v) is 11.9. The molecule has 7 heteroatoms. The minimum Gasteiger partial charge on any atom is -0.284 e. The summed E-state index contributed by atoms with van der Waals surface area (Å²) < 4.78 is 1.90. The van der Waals surface area contributed by atoms with E-state index in [1.807, 2.05) is 89.6 Å². The first kappa shape index (κ1) is 22.6. The van der Waals surface area contributed by atoms with Gasteiger partial charge in [0.1, 0.15) is 0 Å². The first-order chi connectivity index (χ1) is 16.5. The Morgan fingerprint density at radius 2 is 1.59 bits per heavy atom. The van der Waals surface area contributed by atoms with Crippen LogP contribution < -0.4 is 0 Å². The van der Waals surface area contributed by atoms with Crippen molar-refractivity contribution in [2.75, 3.05) is 13.7 Å². The van der Waals surface area contributed by atoms with Crippen molar-refractivity contribution in [3.05, 3.63) is 89.1 Å². The molecule has 2 heterocycles. The lowest BCUT2D eigenvalue weighted by Gasteiger charge is -2.23. The fraction of sp³-hybridized carbons (Fsp3) is 0.296. The van der Waals surface area contributed by atoms with Crippen LogP contribution in [-0.2, 0) is 22.7 Å². The summed E-state index contributed by atoms with van der Waals surface area (Å²) in [6.45, 7) is 1.38. The highest BCUT2D eigenvalue weighted by Crippen LogP contribution is 2.35. The Hall–Kier alpha value is -3.22. The Morgan fingerprint density at radius 1 is 0.941 bits per heavy atom. The standard InChI is InChI=1S/C27H27ClN4O2/c1-30(18-32-26(33)22-12-6-7-13-23(22)27(32)34)15-21-17-31(16-20-11-5-8-14-24(20)28)29-25(21)19-9-3-2-4-10-19/h2-11,14,17,22-23H,12-13,15-16,18H2,1H3/t22-,23-/m1/s1. The summed E-state index contributed by atoms with van der Waals surface area (Å²) in [6.07, 6.45) is 7.36. The molecule has 1 aliphatic heterocycles. The van der Waals surface area contributed by atoms with Crippen LogP contribution in [0.4, 0.5) is 0 Å². The molecule has 5 rings (SSSR count). The zero-order valence-electron chi connectivity index (χ0n) is 19.1. The monoisotopic (exact) mass is 474 g/mol. The Kier molecular flexibility index (Phi) is 6.35. The fourth-order valence-corrected chi connectivity index (χ4v) is 5.09. The van der Waals surface area contributed by atoms with Gasteiger partial charge in [-0.3, -0.25) is 24.1 Å². The third-order valence-corrected chi connectivity index (χ3v) is 6.97. The second-order valence-electron chi connectivity index (χ2n) is 9.07. The normalized spacial score (nSPS) is 19.8. The van der Waals surface area contributed by atoms with Crippen LogP contribution in [0.5, 0.6) is 0 Å². The molecule has 1 aromatic heterocycles. The van der Waals surface area contributed by atoms with Gasteiger partial charge in [0, 0.05) is 28.9 Å². The van der Waals surface area contributed by atoms with Crippen molar-refractivity contribution in [1.82, 2.24) is 19.6 Å². The van der Waals surface area contributed by atoms with E-state index in [0.29, 0.717) is 31.0 Å². The summed E-state index contributed by atoms with van der Waals surface area (Å²) >= 11 is 6.37. The van der Waals surface area contributed by atoms with E-state index in [1.54, 1.807) is 0 Å². The summed E-state index contributed by atoms with van der Waals surface area (Å²) in [5.41, 5.74) is 3.93. The van der Waals surface area contributed by atoms with Gasteiger partial charge in [0.05, 0.1) is 30.7 Å². The highest BCUT2D eigenvalue weighted by atomic mass is 35.5. The van der Waals surface area contributed by atoms with E-state index >= 15 is 0 Å². The molecular weight excluding hydrogens is 448 g/mol. The van der Waals surface area contributed by atoms with Crippen molar-refractivity contribution in [2.45, 2.75) is 25.9 Å². The van der Waals surface area contributed by atoms with Crippen LogP contribution in [0, 0.1) is 11.8 Å². The molecule has 6 nitrogen and oxygen atoms in total. The molecule has 34 heavy (non-hydrogen) atoms. The smallest absolute Gasteiger partial charge is 0.234 e. The quantitative estimate of drug-likeness (QED) is 0.371. The van der Waals surface area contributed by atoms with Crippen molar-refractivity contribution >= 4 is 23.4 Å². The third-order valence-electron chi connectivity index (χ3n) is 6.60. The summed E-state index contributed by atoms with van der Waals surface area (Å²) in [7, 11) is 1.93. The number of allylic oxidation sites excluding steroid dienone is 2. The topological polar surface area (TPSA) is 58.4 Å². The van der Waals surface area contributed by atoms with Gasteiger partial charge in [-0.25, -0.2) is 0 Å². The minimum absolute atomic E-state index is 0.0519. The molecule has 1 aliphatic carbocycles. The van der Waals surface area contributed by atoms with Crippen LogP contribution in [0.3, 0.4) is 0 Å². The number of imide groups is 1. The number of fused-ring (bicyclic) bond motifs is 1. The first-order valence-electron chi connectivity index (χ1n) is 11.5. The van der Waals surface area contributed by atoms with Crippen LogP contribution in [0.15, 0.2) is 72.9 Å². The maximum absolute atomic E-state index is 12.9. The molecule has 1 fully saturated rings. The van der Waals surface area contributed by atoms with E-state index in [-0.39, 0.29) is 30.3 Å². The molecule has 0 saturated carbocycles. The van der Waals surface area contributed by atoms with Crippen molar-refractivity contribution in [3.63, 3.8) is 0 Å². The Labute approximate surface area is 204 Å². The number of aromatic nitrogens is 2. The van der Waals surface area contributed by atoms with Gasteiger partial charge >= 0.3 is 0 Å². The number of benzene rings is 2. The van der Waals surface area contributed by atoms with Gasteiger partial charge in [-0.05, 0) is 31.5 Å². The highest BCUT2D eigenvalue weighted by molar-refractivity contribution is 6.31. The number of halogens is 1. The zero-order valence-corrected chi connectivity index (χ0v) is 19.9. The molecule has 0 radical (unpaired) electrons. The SMILES string of the molecule is CN(Cc1cn(Cc2ccccc2Cl)nc1-c1ccccc1)CN1C(=O)[C@@H]2CC=CC[C@H]2C1=O. The van der Waals surface area contributed by atoms with Crippen molar-refractivity contribution < 1.29 is 9.59 Å². The maximum Gasteiger partial charge on any atom is 0.234 e. The second kappa shape index (κ2) is 9.57. The van der Waals surface area contributed by atoms with E-state index in [9.17, 15) is 9.59 Å². The molecule has 3 aromatic rings. The van der Waals surface area contributed by atoms with Gasteiger partial charge in [0.15, 0.2) is 0 Å². The van der Waals surface area contributed by atoms with Gasteiger partial charge in [-0.2, -0.15) is 5.10 Å². The average molecular weight is 475 g/mol. The minimum atomic E-state index is -0.204. The largest absolute Gasteiger partial charge is 0.284 e. The van der Waals surface area contributed by atoms with Crippen LogP contribution >= 0.6 is 11.6 Å². The molecular formula is C27H27ClN4O2. The molecule has 1 saturated heterocycles. The Balaban J connectivity index is 1.37. The van der Waals surface area contributed by atoms with Gasteiger partial charge in [-0.1, -0.05) is 72.3 Å². The van der Waals surface area contributed by atoms with Gasteiger partial charge in [0.2, 0.25) is 11.8 Å². The van der Waals surface area contributed by atoms with Crippen LogP contribution in [0.25, 0.3) is 11.3 Å². The summed E-state index contributed by atoms with van der Waals surface area (Å²) in [5, 5.41) is 5.57.